The zero-order valence-electron chi connectivity index (χ0n) is 6.22. The van der Waals surface area contributed by atoms with Crippen LogP contribution >= 0.6 is 0 Å². The standard InChI is InChI=1S/C6H12FNO2S/c7-11(9,10)6-2-1-4-8-5-3-6/h6,8H,1-5H2. The van der Waals surface area contributed by atoms with E-state index in [1.807, 2.05) is 0 Å². The van der Waals surface area contributed by atoms with Gasteiger partial charge < -0.3 is 5.32 Å². The van der Waals surface area contributed by atoms with Crippen LogP contribution in [0.3, 0.4) is 0 Å². The summed E-state index contributed by atoms with van der Waals surface area (Å²) in [4.78, 5) is 0. The molecule has 1 saturated heterocycles. The molecule has 0 spiro atoms. The fraction of sp³-hybridized carbons (Fsp3) is 1.00. The Morgan fingerprint density at radius 3 is 2.64 bits per heavy atom. The van der Waals surface area contributed by atoms with Gasteiger partial charge in [0.1, 0.15) is 0 Å². The first-order valence-electron chi connectivity index (χ1n) is 3.75. The molecule has 0 saturated carbocycles. The van der Waals surface area contributed by atoms with Crippen LogP contribution in [0.15, 0.2) is 0 Å². The summed E-state index contributed by atoms with van der Waals surface area (Å²) in [6.45, 7) is 1.40. The molecular formula is C6H12FNO2S. The van der Waals surface area contributed by atoms with Gasteiger partial charge in [-0.15, -0.1) is 3.89 Å². The predicted molar refractivity (Wildman–Crippen MR) is 40.5 cm³/mol. The summed E-state index contributed by atoms with van der Waals surface area (Å²) < 4.78 is 33.3. The fourth-order valence-corrected chi connectivity index (χ4v) is 2.12. The quantitative estimate of drug-likeness (QED) is 0.597. The molecule has 3 nitrogen and oxygen atoms in total. The first-order chi connectivity index (χ1) is 5.11. The summed E-state index contributed by atoms with van der Waals surface area (Å²) in [6.07, 6.45) is 1.60. The van der Waals surface area contributed by atoms with Crippen molar-refractivity contribution in [1.29, 1.82) is 0 Å². The van der Waals surface area contributed by atoms with Crippen molar-refractivity contribution in [2.45, 2.75) is 24.5 Å². The van der Waals surface area contributed by atoms with Gasteiger partial charge in [0.25, 0.3) is 0 Å². The van der Waals surface area contributed by atoms with Crippen LogP contribution < -0.4 is 5.32 Å². The Kier molecular flexibility index (Phi) is 2.84. The summed E-state index contributed by atoms with van der Waals surface area (Å²) >= 11 is 0. The highest BCUT2D eigenvalue weighted by Crippen LogP contribution is 2.15. The minimum atomic E-state index is -4.29. The highest BCUT2D eigenvalue weighted by atomic mass is 32.3. The highest BCUT2D eigenvalue weighted by molar-refractivity contribution is 7.87. The van der Waals surface area contributed by atoms with Gasteiger partial charge in [-0.2, -0.15) is 8.42 Å². The van der Waals surface area contributed by atoms with Crippen LogP contribution in [0.1, 0.15) is 19.3 Å². The summed E-state index contributed by atoms with van der Waals surface area (Å²) in [6, 6.07) is 0. The molecule has 1 aliphatic rings. The minimum Gasteiger partial charge on any atom is -0.317 e. The van der Waals surface area contributed by atoms with Crippen molar-refractivity contribution >= 4 is 10.2 Å². The third-order valence-corrected chi connectivity index (χ3v) is 3.19. The van der Waals surface area contributed by atoms with Gasteiger partial charge >= 0.3 is 10.2 Å². The van der Waals surface area contributed by atoms with Crippen molar-refractivity contribution in [2.24, 2.45) is 0 Å². The molecule has 1 aliphatic heterocycles. The predicted octanol–water partition coefficient (Wildman–Crippen LogP) is 0.428. The van der Waals surface area contributed by atoms with Crippen LogP contribution in [-0.2, 0) is 10.2 Å². The third-order valence-electron chi connectivity index (χ3n) is 1.92. The maximum Gasteiger partial charge on any atom is 0.305 e. The van der Waals surface area contributed by atoms with E-state index in [4.69, 9.17) is 0 Å². The van der Waals surface area contributed by atoms with Crippen LogP contribution in [0.25, 0.3) is 0 Å². The van der Waals surface area contributed by atoms with E-state index in [0.717, 1.165) is 13.0 Å². The molecule has 0 bridgehead atoms. The Hall–Kier alpha value is -0.160. The Bertz CT molecular complexity index is 207. The molecule has 5 heteroatoms. The molecular weight excluding hydrogens is 169 g/mol. The lowest BCUT2D eigenvalue weighted by Gasteiger charge is -2.06. The van der Waals surface area contributed by atoms with Crippen molar-refractivity contribution < 1.29 is 12.3 Å². The highest BCUT2D eigenvalue weighted by Gasteiger charge is 2.25. The van der Waals surface area contributed by atoms with Gasteiger partial charge in [-0.25, -0.2) is 0 Å². The molecule has 1 rings (SSSR count). The normalized spacial score (nSPS) is 27.9. The largest absolute Gasteiger partial charge is 0.317 e. The second kappa shape index (κ2) is 3.49. The smallest absolute Gasteiger partial charge is 0.305 e. The molecule has 0 aliphatic carbocycles. The van der Waals surface area contributed by atoms with Gasteiger partial charge in [0, 0.05) is 0 Å². The first-order valence-corrected chi connectivity index (χ1v) is 5.19. The average molecular weight is 181 g/mol. The summed E-state index contributed by atoms with van der Waals surface area (Å²) in [5.41, 5.74) is 0. The molecule has 1 fully saturated rings. The molecule has 0 amide bonds. The molecule has 1 atom stereocenters. The SMILES string of the molecule is O=S(=O)(F)C1CCCNCC1. The fourth-order valence-electron chi connectivity index (χ4n) is 1.27. The van der Waals surface area contributed by atoms with Gasteiger partial charge in [0.2, 0.25) is 0 Å². The van der Waals surface area contributed by atoms with Gasteiger partial charge in [-0.1, -0.05) is 0 Å². The molecule has 0 radical (unpaired) electrons. The third kappa shape index (κ3) is 2.75. The van der Waals surface area contributed by atoms with Gasteiger partial charge in [-0.3, -0.25) is 0 Å². The zero-order chi connectivity index (χ0) is 8.32. The molecule has 11 heavy (non-hydrogen) atoms. The molecule has 0 aromatic carbocycles. The summed E-state index contributed by atoms with van der Waals surface area (Å²) in [5.74, 6) is 0. The lowest BCUT2D eigenvalue weighted by Crippen LogP contribution is -2.19. The summed E-state index contributed by atoms with van der Waals surface area (Å²) in [5, 5.41) is 2.25. The second-order valence-corrected chi connectivity index (χ2v) is 4.40. The molecule has 0 aromatic rings. The Balaban J connectivity index is 2.57. The minimum absolute atomic E-state index is 0.402. The maximum absolute atomic E-state index is 12.4. The molecule has 66 valence electrons. The van der Waals surface area contributed by atoms with Crippen LogP contribution in [0.4, 0.5) is 3.89 Å². The van der Waals surface area contributed by atoms with E-state index in [-0.39, 0.29) is 0 Å². The van der Waals surface area contributed by atoms with E-state index >= 15 is 0 Å². The molecule has 0 aromatic heterocycles. The van der Waals surface area contributed by atoms with E-state index in [0.29, 0.717) is 19.4 Å². The average Bonchev–Trinajstić information content (AvgIpc) is 2.10. The molecule has 1 N–H and O–H groups in total. The van der Waals surface area contributed by atoms with Crippen LogP contribution in [0, 0.1) is 0 Å². The zero-order valence-corrected chi connectivity index (χ0v) is 7.03. The molecule has 1 unspecified atom stereocenters. The van der Waals surface area contributed by atoms with Gasteiger partial charge in [0.15, 0.2) is 0 Å². The van der Waals surface area contributed by atoms with Crippen molar-refractivity contribution in [1.82, 2.24) is 5.32 Å². The molecule has 1 heterocycles. The van der Waals surface area contributed by atoms with E-state index in [1.54, 1.807) is 0 Å². The van der Waals surface area contributed by atoms with E-state index in [1.165, 1.54) is 0 Å². The number of hydrogen-bond donors (Lipinski definition) is 1. The van der Waals surface area contributed by atoms with E-state index in [9.17, 15) is 12.3 Å². The Morgan fingerprint density at radius 2 is 2.00 bits per heavy atom. The van der Waals surface area contributed by atoms with Crippen LogP contribution in [-0.4, -0.2) is 26.8 Å². The number of nitrogens with one attached hydrogen (secondary N) is 1. The van der Waals surface area contributed by atoms with Crippen molar-refractivity contribution in [3.63, 3.8) is 0 Å². The number of hydrogen-bond acceptors (Lipinski definition) is 3. The summed E-state index contributed by atoms with van der Waals surface area (Å²) in [7, 11) is -4.29. The van der Waals surface area contributed by atoms with E-state index in [2.05, 4.69) is 5.32 Å². The lowest BCUT2D eigenvalue weighted by molar-refractivity contribution is 0.522. The van der Waals surface area contributed by atoms with Gasteiger partial charge in [0.05, 0.1) is 5.25 Å². The monoisotopic (exact) mass is 181 g/mol. The van der Waals surface area contributed by atoms with Crippen molar-refractivity contribution in [3.05, 3.63) is 0 Å². The van der Waals surface area contributed by atoms with Crippen molar-refractivity contribution in [2.75, 3.05) is 13.1 Å². The second-order valence-electron chi connectivity index (χ2n) is 2.78. The Labute approximate surface area is 66.2 Å². The van der Waals surface area contributed by atoms with Crippen molar-refractivity contribution in [3.8, 4) is 0 Å². The van der Waals surface area contributed by atoms with Crippen LogP contribution in [0.5, 0.6) is 0 Å². The Morgan fingerprint density at radius 1 is 1.27 bits per heavy atom. The lowest BCUT2D eigenvalue weighted by atomic mass is 10.2. The van der Waals surface area contributed by atoms with Crippen LogP contribution in [0.2, 0.25) is 0 Å². The van der Waals surface area contributed by atoms with E-state index < -0.39 is 15.5 Å². The van der Waals surface area contributed by atoms with Gasteiger partial charge in [-0.05, 0) is 32.4 Å². The number of halogens is 1. The topological polar surface area (TPSA) is 46.2 Å². The maximum atomic E-state index is 12.4. The number of rotatable bonds is 1. The first kappa shape index (κ1) is 8.93.